The van der Waals surface area contributed by atoms with E-state index in [4.69, 9.17) is 0 Å². The molecule has 0 unspecified atom stereocenters. The molecular weight excluding hydrogens is 264 g/mol. The van der Waals surface area contributed by atoms with E-state index in [0.29, 0.717) is 12.5 Å². The van der Waals surface area contributed by atoms with Crippen LogP contribution in [0.1, 0.15) is 25.0 Å². The van der Waals surface area contributed by atoms with Crippen LogP contribution in [0.2, 0.25) is 0 Å². The van der Waals surface area contributed by atoms with Crippen molar-refractivity contribution in [2.75, 3.05) is 31.1 Å². The van der Waals surface area contributed by atoms with E-state index in [1.165, 1.54) is 0 Å². The minimum absolute atomic E-state index is 0.141. The van der Waals surface area contributed by atoms with Gasteiger partial charge in [-0.3, -0.25) is 4.79 Å². The predicted molar refractivity (Wildman–Crippen MR) is 82.0 cm³/mol. The summed E-state index contributed by atoms with van der Waals surface area (Å²) in [5, 5.41) is 8.36. The minimum atomic E-state index is -0.141. The zero-order valence-electron chi connectivity index (χ0n) is 12.6. The van der Waals surface area contributed by atoms with Crippen LogP contribution in [0.4, 0.5) is 5.82 Å². The summed E-state index contributed by atoms with van der Waals surface area (Å²) < 4.78 is 0. The van der Waals surface area contributed by atoms with Crippen molar-refractivity contribution in [2.45, 2.75) is 26.2 Å². The standard InChI is InChI=1S/C16H22N4O/c1-3-9-20-12-8-16(15(20)21)6-10-19(11-7-16)14-5-4-13(2)17-18-14/h3-5H,1,6-12H2,2H3. The number of carbonyl (C=O) groups excluding carboxylic acids is 1. The van der Waals surface area contributed by atoms with Gasteiger partial charge in [-0.15, -0.1) is 11.7 Å². The van der Waals surface area contributed by atoms with Crippen LogP contribution in [0.3, 0.4) is 0 Å². The third kappa shape index (κ3) is 2.52. The number of nitrogens with zero attached hydrogens (tertiary/aromatic N) is 4. The SMILES string of the molecule is C=CCN1CCC2(CCN(c3ccc(C)nn3)CC2)C1=O. The lowest BCUT2D eigenvalue weighted by Crippen LogP contribution is -2.45. The molecule has 1 amide bonds. The molecule has 0 radical (unpaired) electrons. The summed E-state index contributed by atoms with van der Waals surface area (Å²) in [7, 11) is 0. The number of piperidine rings is 1. The number of hydrogen-bond donors (Lipinski definition) is 0. The lowest BCUT2D eigenvalue weighted by Gasteiger charge is -2.38. The van der Waals surface area contributed by atoms with Crippen LogP contribution < -0.4 is 4.90 Å². The Kier molecular flexibility index (Phi) is 3.66. The van der Waals surface area contributed by atoms with Crippen LogP contribution in [0.15, 0.2) is 24.8 Å². The highest BCUT2D eigenvalue weighted by Gasteiger charge is 2.47. The Hall–Kier alpha value is -1.91. The summed E-state index contributed by atoms with van der Waals surface area (Å²) in [5.41, 5.74) is 0.788. The number of carbonyl (C=O) groups is 1. The molecule has 2 saturated heterocycles. The molecule has 112 valence electrons. The Morgan fingerprint density at radius 3 is 2.57 bits per heavy atom. The van der Waals surface area contributed by atoms with E-state index < -0.39 is 0 Å². The smallest absolute Gasteiger partial charge is 0.229 e. The molecular formula is C16H22N4O. The largest absolute Gasteiger partial charge is 0.355 e. The monoisotopic (exact) mass is 286 g/mol. The Labute approximate surface area is 125 Å². The number of aryl methyl sites for hydroxylation is 1. The Morgan fingerprint density at radius 1 is 1.24 bits per heavy atom. The average Bonchev–Trinajstić information content (AvgIpc) is 2.79. The van der Waals surface area contributed by atoms with Crippen LogP contribution in [0, 0.1) is 12.3 Å². The van der Waals surface area contributed by atoms with Crippen LogP contribution in [0.25, 0.3) is 0 Å². The Balaban J connectivity index is 1.66. The molecule has 5 heteroatoms. The first kappa shape index (κ1) is 14.0. The predicted octanol–water partition coefficient (Wildman–Crippen LogP) is 1.79. The van der Waals surface area contributed by atoms with Gasteiger partial charge in [0.25, 0.3) is 0 Å². The van der Waals surface area contributed by atoms with Crippen molar-refractivity contribution >= 4 is 11.7 Å². The van der Waals surface area contributed by atoms with Gasteiger partial charge < -0.3 is 9.80 Å². The van der Waals surface area contributed by atoms with Gasteiger partial charge in [0, 0.05) is 26.2 Å². The van der Waals surface area contributed by atoms with Crippen molar-refractivity contribution in [1.29, 1.82) is 0 Å². The zero-order valence-corrected chi connectivity index (χ0v) is 12.6. The summed E-state index contributed by atoms with van der Waals surface area (Å²) in [6, 6.07) is 4.00. The second-order valence-corrected chi connectivity index (χ2v) is 6.09. The molecule has 2 aliphatic heterocycles. The van der Waals surface area contributed by atoms with Gasteiger partial charge in [0.2, 0.25) is 5.91 Å². The number of hydrogen-bond acceptors (Lipinski definition) is 4. The summed E-state index contributed by atoms with van der Waals surface area (Å²) in [4.78, 5) is 16.8. The second-order valence-electron chi connectivity index (χ2n) is 6.09. The molecule has 0 bridgehead atoms. The van der Waals surface area contributed by atoms with Gasteiger partial charge in [0.15, 0.2) is 5.82 Å². The van der Waals surface area contributed by atoms with Gasteiger partial charge in [-0.05, 0) is 38.3 Å². The van der Waals surface area contributed by atoms with Gasteiger partial charge >= 0.3 is 0 Å². The summed E-state index contributed by atoms with van der Waals surface area (Å²) in [6.07, 6.45) is 4.62. The maximum Gasteiger partial charge on any atom is 0.229 e. The van der Waals surface area contributed by atoms with Crippen LogP contribution in [-0.2, 0) is 4.79 Å². The van der Waals surface area contributed by atoms with Crippen molar-refractivity contribution in [1.82, 2.24) is 15.1 Å². The van der Waals surface area contributed by atoms with Gasteiger partial charge in [0.1, 0.15) is 0 Å². The van der Waals surface area contributed by atoms with Crippen molar-refractivity contribution in [2.24, 2.45) is 5.41 Å². The average molecular weight is 286 g/mol. The molecule has 1 aromatic heterocycles. The van der Waals surface area contributed by atoms with E-state index in [1.807, 2.05) is 30.0 Å². The van der Waals surface area contributed by atoms with E-state index in [1.54, 1.807) is 0 Å². The van der Waals surface area contributed by atoms with Gasteiger partial charge in [-0.25, -0.2) is 0 Å². The number of likely N-dealkylation sites (tertiary alicyclic amines) is 1. The number of rotatable bonds is 3. The molecule has 1 spiro atoms. The van der Waals surface area contributed by atoms with Crippen molar-refractivity contribution in [3.63, 3.8) is 0 Å². The number of aromatic nitrogens is 2. The van der Waals surface area contributed by atoms with E-state index >= 15 is 0 Å². The maximum atomic E-state index is 12.6. The van der Waals surface area contributed by atoms with E-state index in [-0.39, 0.29) is 5.41 Å². The Morgan fingerprint density at radius 2 is 1.95 bits per heavy atom. The Bertz CT molecular complexity index is 532. The highest BCUT2D eigenvalue weighted by atomic mass is 16.2. The quantitative estimate of drug-likeness (QED) is 0.795. The van der Waals surface area contributed by atoms with E-state index in [0.717, 1.165) is 50.4 Å². The van der Waals surface area contributed by atoms with Crippen molar-refractivity contribution in [3.8, 4) is 0 Å². The molecule has 2 aliphatic rings. The van der Waals surface area contributed by atoms with Gasteiger partial charge in [0.05, 0.1) is 11.1 Å². The molecule has 3 rings (SSSR count). The van der Waals surface area contributed by atoms with Crippen molar-refractivity contribution < 1.29 is 4.79 Å². The third-order valence-corrected chi connectivity index (χ3v) is 4.78. The second kappa shape index (κ2) is 5.47. The normalized spacial score (nSPS) is 21.1. The lowest BCUT2D eigenvalue weighted by atomic mass is 9.77. The van der Waals surface area contributed by atoms with E-state index in [2.05, 4.69) is 21.7 Å². The van der Waals surface area contributed by atoms with Crippen LogP contribution in [0.5, 0.6) is 0 Å². The molecule has 5 nitrogen and oxygen atoms in total. The fourth-order valence-electron chi connectivity index (χ4n) is 3.41. The maximum absolute atomic E-state index is 12.6. The first-order valence-corrected chi connectivity index (χ1v) is 7.60. The molecule has 0 N–H and O–H groups in total. The van der Waals surface area contributed by atoms with E-state index in [9.17, 15) is 4.79 Å². The molecule has 0 aliphatic carbocycles. The van der Waals surface area contributed by atoms with Gasteiger partial charge in [-0.2, -0.15) is 5.10 Å². The number of anilines is 1. The summed E-state index contributed by atoms with van der Waals surface area (Å²) in [6.45, 7) is 8.98. The molecule has 0 aromatic carbocycles. The fourth-order valence-corrected chi connectivity index (χ4v) is 3.41. The molecule has 3 heterocycles. The minimum Gasteiger partial charge on any atom is -0.355 e. The summed E-state index contributed by atoms with van der Waals surface area (Å²) >= 11 is 0. The van der Waals surface area contributed by atoms with Crippen molar-refractivity contribution in [3.05, 3.63) is 30.5 Å². The number of amides is 1. The topological polar surface area (TPSA) is 49.3 Å². The molecule has 2 fully saturated rings. The third-order valence-electron chi connectivity index (χ3n) is 4.78. The van der Waals surface area contributed by atoms with Crippen LogP contribution >= 0.6 is 0 Å². The summed E-state index contributed by atoms with van der Waals surface area (Å²) in [5.74, 6) is 1.24. The molecule has 21 heavy (non-hydrogen) atoms. The zero-order chi connectivity index (χ0) is 14.9. The highest BCUT2D eigenvalue weighted by Crippen LogP contribution is 2.42. The lowest BCUT2D eigenvalue weighted by molar-refractivity contribution is -0.136. The first-order valence-electron chi connectivity index (χ1n) is 7.60. The molecule has 0 saturated carbocycles. The van der Waals surface area contributed by atoms with Crippen LogP contribution in [-0.4, -0.2) is 47.2 Å². The molecule has 1 aromatic rings. The highest BCUT2D eigenvalue weighted by molar-refractivity contribution is 5.85. The van der Waals surface area contributed by atoms with Gasteiger partial charge in [-0.1, -0.05) is 6.08 Å². The molecule has 0 atom stereocenters. The fraction of sp³-hybridized carbons (Fsp3) is 0.562. The first-order chi connectivity index (χ1) is 10.1.